The molecule has 2 amide bonds. The molecule has 6 nitrogen and oxygen atoms in total. The third kappa shape index (κ3) is 3.75. The number of piperidine rings is 1. The Labute approximate surface area is 170 Å². The second-order valence-corrected chi connectivity index (χ2v) is 8.79. The van der Waals surface area contributed by atoms with Crippen LogP contribution >= 0.6 is 23.7 Å². The Bertz CT molecular complexity index is 707. The summed E-state index contributed by atoms with van der Waals surface area (Å²) in [6.07, 6.45) is 4.62. The molecule has 27 heavy (non-hydrogen) atoms. The Hall–Kier alpha value is -1.15. The van der Waals surface area contributed by atoms with Gasteiger partial charge in [-0.1, -0.05) is 0 Å². The van der Waals surface area contributed by atoms with E-state index in [9.17, 15) is 9.59 Å². The first-order chi connectivity index (χ1) is 12.5. The number of nitrogens with two attached hydrogens (primary N) is 1. The van der Waals surface area contributed by atoms with E-state index in [-0.39, 0.29) is 29.8 Å². The lowest BCUT2D eigenvalue weighted by molar-refractivity contribution is -0.141. The molecule has 1 spiro atoms. The zero-order chi connectivity index (χ0) is 18.3. The zero-order valence-corrected chi connectivity index (χ0v) is 17.4. The van der Waals surface area contributed by atoms with Crippen LogP contribution in [-0.4, -0.2) is 60.4 Å². The van der Waals surface area contributed by atoms with Gasteiger partial charge in [-0.25, -0.2) is 0 Å². The molecule has 1 aromatic heterocycles. The number of nitrogens with zero attached hydrogens (tertiary/aromatic N) is 2. The molecule has 0 aromatic carbocycles. The number of fused-ring (bicyclic) bond motifs is 2. The van der Waals surface area contributed by atoms with Crippen molar-refractivity contribution in [3.05, 3.63) is 21.4 Å². The molecule has 4 rings (SSSR count). The molecule has 2 saturated heterocycles. The third-order valence-corrected chi connectivity index (χ3v) is 7.07. The number of carbonyl (C=O) groups is 2. The normalized spacial score (nSPS) is 22.3. The molecule has 0 aliphatic carbocycles. The molecule has 4 heterocycles. The average molecular weight is 414 g/mol. The van der Waals surface area contributed by atoms with Gasteiger partial charge in [0, 0.05) is 37.5 Å². The second kappa shape index (κ2) is 8.07. The Morgan fingerprint density at radius 2 is 1.85 bits per heavy atom. The lowest BCUT2D eigenvalue weighted by Gasteiger charge is -2.44. The van der Waals surface area contributed by atoms with Crippen molar-refractivity contribution in [3.8, 4) is 0 Å². The molecule has 0 saturated carbocycles. The highest BCUT2D eigenvalue weighted by Crippen LogP contribution is 2.45. The van der Waals surface area contributed by atoms with Gasteiger partial charge >= 0.3 is 0 Å². The fourth-order valence-corrected chi connectivity index (χ4v) is 5.59. The van der Waals surface area contributed by atoms with Crippen molar-refractivity contribution in [2.75, 3.05) is 32.8 Å². The molecule has 0 bridgehead atoms. The van der Waals surface area contributed by atoms with Gasteiger partial charge in [0.05, 0.1) is 23.1 Å². The van der Waals surface area contributed by atoms with E-state index in [2.05, 4.69) is 6.07 Å². The standard InChI is InChI=1S/C19H27N3O3S.ClH/c1-13(20)17(23)22-9-5-19(6-10-22)14-12-16(26-15(14)4-11-25-19)18(24)21-7-2-3-8-21;/h12-13H,2-11,20H2,1H3;1H. The van der Waals surface area contributed by atoms with Crippen LogP contribution in [-0.2, 0) is 21.6 Å². The first kappa shape index (κ1) is 20.6. The lowest BCUT2D eigenvalue weighted by Crippen LogP contribution is -2.51. The highest BCUT2D eigenvalue weighted by Gasteiger charge is 2.43. The molecule has 1 unspecified atom stereocenters. The minimum Gasteiger partial charge on any atom is -0.370 e. The van der Waals surface area contributed by atoms with E-state index >= 15 is 0 Å². The molecule has 3 aliphatic heterocycles. The Balaban J connectivity index is 0.00000210. The lowest BCUT2D eigenvalue weighted by atomic mass is 9.82. The average Bonchev–Trinajstić information content (AvgIpc) is 3.32. The van der Waals surface area contributed by atoms with Crippen LogP contribution in [0.1, 0.15) is 52.7 Å². The van der Waals surface area contributed by atoms with Crippen molar-refractivity contribution in [2.24, 2.45) is 5.73 Å². The van der Waals surface area contributed by atoms with Gasteiger partial charge in [-0.2, -0.15) is 0 Å². The molecule has 1 aromatic rings. The monoisotopic (exact) mass is 413 g/mol. The van der Waals surface area contributed by atoms with Crippen molar-refractivity contribution in [3.63, 3.8) is 0 Å². The summed E-state index contributed by atoms with van der Waals surface area (Å²) >= 11 is 1.64. The molecule has 3 aliphatic rings. The summed E-state index contributed by atoms with van der Waals surface area (Å²) in [5, 5.41) is 0. The minimum atomic E-state index is -0.460. The molecule has 1 atom stereocenters. The summed E-state index contributed by atoms with van der Waals surface area (Å²) in [5.74, 6) is 0.174. The van der Waals surface area contributed by atoms with E-state index in [1.807, 2.05) is 9.80 Å². The number of halogens is 1. The van der Waals surface area contributed by atoms with Crippen molar-refractivity contribution >= 4 is 35.6 Å². The summed E-state index contributed by atoms with van der Waals surface area (Å²) in [5.41, 5.74) is 6.59. The molecular weight excluding hydrogens is 386 g/mol. The summed E-state index contributed by atoms with van der Waals surface area (Å²) in [4.78, 5) is 30.9. The van der Waals surface area contributed by atoms with E-state index in [1.54, 1.807) is 18.3 Å². The maximum absolute atomic E-state index is 12.8. The van der Waals surface area contributed by atoms with Crippen LogP contribution in [0.15, 0.2) is 6.07 Å². The van der Waals surface area contributed by atoms with Gasteiger partial charge in [-0.05, 0) is 44.2 Å². The number of amides is 2. The second-order valence-electron chi connectivity index (χ2n) is 7.65. The third-order valence-electron chi connectivity index (χ3n) is 5.88. The predicted octanol–water partition coefficient (Wildman–Crippen LogP) is 2.14. The van der Waals surface area contributed by atoms with Crippen molar-refractivity contribution in [2.45, 2.75) is 50.7 Å². The first-order valence-electron chi connectivity index (χ1n) is 9.61. The zero-order valence-electron chi connectivity index (χ0n) is 15.7. The first-order valence-corrected chi connectivity index (χ1v) is 10.4. The van der Waals surface area contributed by atoms with Gasteiger partial charge in [-0.15, -0.1) is 23.7 Å². The highest BCUT2D eigenvalue weighted by molar-refractivity contribution is 7.14. The van der Waals surface area contributed by atoms with Crippen molar-refractivity contribution in [1.29, 1.82) is 0 Å². The van der Waals surface area contributed by atoms with Gasteiger partial charge in [-0.3, -0.25) is 9.59 Å². The van der Waals surface area contributed by atoms with Crippen LogP contribution in [0.25, 0.3) is 0 Å². The quantitative estimate of drug-likeness (QED) is 0.805. The maximum Gasteiger partial charge on any atom is 0.263 e. The Kier molecular flexibility index (Phi) is 6.15. The highest BCUT2D eigenvalue weighted by atomic mass is 35.5. The fraction of sp³-hybridized carbons (Fsp3) is 0.684. The molecule has 8 heteroatoms. The number of thiophene rings is 1. The Morgan fingerprint density at radius 1 is 1.19 bits per heavy atom. The van der Waals surface area contributed by atoms with Gasteiger partial charge in [0.1, 0.15) is 0 Å². The molecule has 0 radical (unpaired) electrons. The van der Waals surface area contributed by atoms with Gasteiger partial charge in [0.15, 0.2) is 0 Å². The van der Waals surface area contributed by atoms with Gasteiger partial charge < -0.3 is 20.3 Å². The van der Waals surface area contributed by atoms with E-state index in [0.717, 1.165) is 50.1 Å². The summed E-state index contributed by atoms with van der Waals surface area (Å²) in [6.45, 7) is 5.48. The Morgan fingerprint density at radius 3 is 2.48 bits per heavy atom. The van der Waals surface area contributed by atoms with Crippen LogP contribution in [0.5, 0.6) is 0 Å². The molecule has 2 N–H and O–H groups in total. The fourth-order valence-electron chi connectivity index (χ4n) is 4.39. The van der Waals surface area contributed by atoms with Gasteiger partial charge in [0.2, 0.25) is 5.91 Å². The molecular formula is C19H28ClN3O3S. The topological polar surface area (TPSA) is 75.9 Å². The van der Waals surface area contributed by atoms with Crippen molar-refractivity contribution < 1.29 is 14.3 Å². The number of hydrogen-bond donors (Lipinski definition) is 1. The number of hydrogen-bond acceptors (Lipinski definition) is 5. The summed E-state index contributed by atoms with van der Waals surface area (Å²) in [6, 6.07) is 1.61. The summed E-state index contributed by atoms with van der Waals surface area (Å²) < 4.78 is 6.25. The molecule has 2 fully saturated rings. The number of rotatable bonds is 2. The van der Waals surface area contributed by atoms with Crippen LogP contribution in [0, 0.1) is 0 Å². The van der Waals surface area contributed by atoms with Gasteiger partial charge in [0.25, 0.3) is 5.91 Å². The predicted molar refractivity (Wildman–Crippen MR) is 108 cm³/mol. The maximum atomic E-state index is 12.8. The van der Waals surface area contributed by atoms with E-state index in [0.29, 0.717) is 19.7 Å². The van der Waals surface area contributed by atoms with E-state index in [4.69, 9.17) is 10.5 Å². The number of carbonyl (C=O) groups excluding carboxylic acids is 2. The largest absolute Gasteiger partial charge is 0.370 e. The van der Waals surface area contributed by atoms with E-state index in [1.165, 1.54) is 10.4 Å². The van der Waals surface area contributed by atoms with Crippen LogP contribution in [0.3, 0.4) is 0 Å². The van der Waals surface area contributed by atoms with Crippen LogP contribution in [0.4, 0.5) is 0 Å². The molecule has 150 valence electrons. The number of ether oxygens (including phenoxy) is 1. The number of likely N-dealkylation sites (tertiary alicyclic amines) is 2. The summed E-state index contributed by atoms with van der Waals surface area (Å²) in [7, 11) is 0. The van der Waals surface area contributed by atoms with Crippen LogP contribution in [0.2, 0.25) is 0 Å². The SMILES string of the molecule is CC(N)C(=O)N1CCC2(CC1)OCCc1sc(C(=O)N3CCCC3)cc12.Cl. The van der Waals surface area contributed by atoms with Crippen molar-refractivity contribution in [1.82, 2.24) is 9.80 Å². The minimum absolute atomic E-state index is 0. The van der Waals surface area contributed by atoms with E-state index < -0.39 is 6.04 Å². The van der Waals surface area contributed by atoms with Crippen LogP contribution < -0.4 is 5.73 Å². The smallest absolute Gasteiger partial charge is 0.263 e.